The first-order valence-corrected chi connectivity index (χ1v) is 7.19. The molecule has 19 heavy (non-hydrogen) atoms. The summed E-state index contributed by atoms with van der Waals surface area (Å²) in [7, 11) is 0. The van der Waals surface area contributed by atoms with Crippen LogP contribution in [0.5, 0.6) is 0 Å². The molecule has 0 aromatic rings. The number of aliphatic imine (C=N–C) groups is 1. The lowest BCUT2D eigenvalue weighted by molar-refractivity contribution is -0.121. The molecule has 0 heterocycles. The lowest BCUT2D eigenvalue weighted by atomic mass is 10.2. The maximum atomic E-state index is 11.4. The van der Waals surface area contributed by atoms with Crippen molar-refractivity contribution < 1.29 is 4.79 Å². The van der Waals surface area contributed by atoms with E-state index in [1.54, 1.807) is 0 Å². The Morgan fingerprint density at radius 2 is 1.79 bits per heavy atom. The number of nitrogens with one attached hydrogen (secondary N) is 2. The summed E-state index contributed by atoms with van der Waals surface area (Å²) >= 11 is 0. The first-order valence-electron chi connectivity index (χ1n) is 7.19. The third-order valence-electron chi connectivity index (χ3n) is 2.67. The van der Waals surface area contributed by atoms with Gasteiger partial charge in [-0.2, -0.15) is 0 Å². The normalized spacial score (nSPS) is 10.2. The lowest BCUT2D eigenvalue weighted by Gasteiger charge is -2.06. The quantitative estimate of drug-likeness (QED) is 0.233. The van der Waals surface area contributed by atoms with Gasteiger partial charge in [0.05, 0.1) is 0 Å². The van der Waals surface area contributed by atoms with Crippen LogP contribution in [0.3, 0.4) is 0 Å². The minimum Gasteiger partial charge on any atom is -0.370 e. The average molecular weight is 271 g/mol. The van der Waals surface area contributed by atoms with Crippen molar-refractivity contribution in [1.29, 1.82) is 0 Å². The number of hydrogen-bond donors (Lipinski definition) is 4. The SMILES string of the molecule is CCCCCC(=O)NCCCNCCCN=C(N)N. The maximum Gasteiger partial charge on any atom is 0.219 e. The molecule has 0 rings (SSSR count). The van der Waals surface area contributed by atoms with E-state index in [9.17, 15) is 4.79 Å². The number of carbonyl (C=O) groups is 1. The van der Waals surface area contributed by atoms with Crippen molar-refractivity contribution >= 4 is 11.9 Å². The molecule has 0 unspecified atom stereocenters. The summed E-state index contributed by atoms with van der Waals surface area (Å²) in [6.07, 6.45) is 5.79. The van der Waals surface area contributed by atoms with Gasteiger partial charge in [-0.3, -0.25) is 9.79 Å². The maximum absolute atomic E-state index is 11.4. The van der Waals surface area contributed by atoms with E-state index in [-0.39, 0.29) is 11.9 Å². The van der Waals surface area contributed by atoms with E-state index in [2.05, 4.69) is 22.5 Å². The van der Waals surface area contributed by atoms with Crippen molar-refractivity contribution in [3.63, 3.8) is 0 Å². The second-order valence-electron chi connectivity index (χ2n) is 4.57. The summed E-state index contributed by atoms with van der Waals surface area (Å²) in [4.78, 5) is 15.3. The van der Waals surface area contributed by atoms with Gasteiger partial charge in [-0.1, -0.05) is 19.8 Å². The van der Waals surface area contributed by atoms with Gasteiger partial charge in [-0.25, -0.2) is 0 Å². The highest BCUT2D eigenvalue weighted by atomic mass is 16.1. The fourth-order valence-electron chi connectivity index (χ4n) is 1.60. The van der Waals surface area contributed by atoms with Crippen molar-refractivity contribution in [3.8, 4) is 0 Å². The number of hydrogen-bond acceptors (Lipinski definition) is 3. The number of guanidine groups is 1. The minimum absolute atomic E-state index is 0.144. The molecule has 0 aromatic carbocycles. The van der Waals surface area contributed by atoms with Crippen LogP contribution in [0.4, 0.5) is 0 Å². The predicted octanol–water partition coefficient (Wildman–Crippen LogP) is 0.326. The average Bonchev–Trinajstić information content (AvgIpc) is 2.36. The second kappa shape index (κ2) is 13.1. The van der Waals surface area contributed by atoms with Crippen LogP contribution in [0, 0.1) is 0 Å². The fourth-order valence-corrected chi connectivity index (χ4v) is 1.60. The molecular formula is C13H29N5O. The van der Waals surface area contributed by atoms with Gasteiger partial charge in [0.15, 0.2) is 5.96 Å². The summed E-state index contributed by atoms with van der Waals surface area (Å²) < 4.78 is 0. The van der Waals surface area contributed by atoms with Gasteiger partial charge < -0.3 is 22.1 Å². The Morgan fingerprint density at radius 3 is 2.47 bits per heavy atom. The number of carbonyl (C=O) groups excluding carboxylic acids is 1. The summed E-state index contributed by atoms with van der Waals surface area (Å²) in [5.74, 6) is 0.312. The zero-order chi connectivity index (χ0) is 14.3. The Hall–Kier alpha value is -1.30. The molecule has 0 bridgehead atoms. The first kappa shape index (κ1) is 17.7. The highest BCUT2D eigenvalue weighted by Crippen LogP contribution is 1.97. The van der Waals surface area contributed by atoms with Crippen LogP contribution in [-0.2, 0) is 4.79 Å². The van der Waals surface area contributed by atoms with Gasteiger partial charge in [0.2, 0.25) is 5.91 Å². The Morgan fingerprint density at radius 1 is 1.05 bits per heavy atom. The summed E-state index contributed by atoms with van der Waals surface area (Å²) in [6, 6.07) is 0. The van der Waals surface area contributed by atoms with Crippen molar-refractivity contribution in [3.05, 3.63) is 0 Å². The molecule has 0 saturated heterocycles. The molecule has 0 aliphatic carbocycles. The number of amides is 1. The van der Waals surface area contributed by atoms with Crippen LogP contribution >= 0.6 is 0 Å². The zero-order valence-corrected chi connectivity index (χ0v) is 12.1. The van der Waals surface area contributed by atoms with Crippen LogP contribution in [-0.4, -0.2) is 38.0 Å². The van der Waals surface area contributed by atoms with Crippen molar-refractivity contribution in [1.82, 2.24) is 10.6 Å². The van der Waals surface area contributed by atoms with Gasteiger partial charge in [0.25, 0.3) is 0 Å². The van der Waals surface area contributed by atoms with Crippen LogP contribution < -0.4 is 22.1 Å². The fraction of sp³-hybridized carbons (Fsp3) is 0.846. The highest BCUT2D eigenvalue weighted by molar-refractivity contribution is 5.75. The number of nitrogens with zero attached hydrogens (tertiary/aromatic N) is 1. The molecule has 1 amide bonds. The molecule has 112 valence electrons. The minimum atomic E-state index is 0.144. The van der Waals surface area contributed by atoms with E-state index in [0.717, 1.165) is 51.7 Å². The van der Waals surface area contributed by atoms with Gasteiger partial charge in [-0.05, 0) is 32.4 Å². The van der Waals surface area contributed by atoms with E-state index < -0.39 is 0 Å². The van der Waals surface area contributed by atoms with Crippen molar-refractivity contribution in [2.24, 2.45) is 16.5 Å². The number of rotatable bonds is 12. The molecule has 0 spiro atoms. The Balaban J connectivity index is 3.18. The summed E-state index contributed by atoms with van der Waals surface area (Å²) in [5.41, 5.74) is 10.4. The molecule has 0 atom stereocenters. The molecule has 0 aromatic heterocycles. The van der Waals surface area contributed by atoms with E-state index in [4.69, 9.17) is 11.5 Å². The van der Waals surface area contributed by atoms with Gasteiger partial charge in [0, 0.05) is 19.5 Å². The van der Waals surface area contributed by atoms with E-state index >= 15 is 0 Å². The van der Waals surface area contributed by atoms with Crippen LogP contribution in [0.1, 0.15) is 45.4 Å². The molecule has 6 nitrogen and oxygen atoms in total. The Labute approximate surface area is 116 Å². The Bertz CT molecular complexity index is 251. The number of unbranched alkanes of at least 4 members (excludes halogenated alkanes) is 2. The molecule has 0 saturated carbocycles. The third kappa shape index (κ3) is 14.6. The van der Waals surface area contributed by atoms with Crippen LogP contribution in [0.15, 0.2) is 4.99 Å². The highest BCUT2D eigenvalue weighted by Gasteiger charge is 1.99. The monoisotopic (exact) mass is 271 g/mol. The lowest BCUT2D eigenvalue weighted by Crippen LogP contribution is -2.27. The molecule has 0 aliphatic rings. The third-order valence-corrected chi connectivity index (χ3v) is 2.67. The van der Waals surface area contributed by atoms with Crippen LogP contribution in [0.25, 0.3) is 0 Å². The van der Waals surface area contributed by atoms with E-state index in [1.807, 2.05) is 0 Å². The van der Waals surface area contributed by atoms with Crippen LogP contribution in [0.2, 0.25) is 0 Å². The molecular weight excluding hydrogens is 242 g/mol. The van der Waals surface area contributed by atoms with Gasteiger partial charge >= 0.3 is 0 Å². The topological polar surface area (TPSA) is 106 Å². The molecule has 0 fully saturated rings. The van der Waals surface area contributed by atoms with Gasteiger partial charge in [0.1, 0.15) is 0 Å². The summed E-state index contributed by atoms with van der Waals surface area (Å²) in [5, 5.41) is 6.21. The molecule has 0 radical (unpaired) electrons. The molecule has 6 N–H and O–H groups in total. The number of nitrogens with two attached hydrogens (primary N) is 2. The molecule has 6 heteroatoms. The largest absolute Gasteiger partial charge is 0.370 e. The second-order valence-corrected chi connectivity index (χ2v) is 4.57. The standard InChI is InChI=1S/C13H29N5O/c1-2-3-4-7-12(19)17-10-5-8-16-9-6-11-18-13(14)15/h16H,2-11H2,1H3,(H,17,19)(H4,14,15,18). The van der Waals surface area contributed by atoms with Gasteiger partial charge in [-0.15, -0.1) is 0 Å². The zero-order valence-electron chi connectivity index (χ0n) is 12.1. The molecule has 0 aliphatic heterocycles. The first-order chi connectivity index (χ1) is 9.16. The predicted molar refractivity (Wildman–Crippen MR) is 79.9 cm³/mol. The Kier molecular flexibility index (Phi) is 12.2. The van der Waals surface area contributed by atoms with E-state index in [1.165, 1.54) is 0 Å². The van der Waals surface area contributed by atoms with E-state index in [0.29, 0.717) is 13.0 Å². The smallest absolute Gasteiger partial charge is 0.219 e. The van der Waals surface area contributed by atoms with Crippen molar-refractivity contribution in [2.45, 2.75) is 45.4 Å². The summed E-state index contributed by atoms with van der Waals surface area (Å²) in [6.45, 7) is 5.32. The van der Waals surface area contributed by atoms with Crippen molar-refractivity contribution in [2.75, 3.05) is 26.2 Å².